The number of ether oxygens (including phenoxy) is 2. The van der Waals surface area contributed by atoms with Crippen molar-refractivity contribution in [2.24, 2.45) is 0 Å². The van der Waals surface area contributed by atoms with Crippen LogP contribution in [0.1, 0.15) is 22.8 Å². The van der Waals surface area contributed by atoms with Crippen molar-refractivity contribution < 1.29 is 45.0 Å². The highest BCUT2D eigenvalue weighted by molar-refractivity contribution is 5.89. The molecule has 0 N–H and O–H groups in total. The topological polar surface area (TPSA) is 35.5 Å². The normalized spacial score (nSPS) is 11.4. The van der Waals surface area contributed by atoms with Crippen molar-refractivity contribution in [3.8, 4) is 11.5 Å². The summed E-state index contributed by atoms with van der Waals surface area (Å²) < 4.78 is 102. The highest BCUT2D eigenvalue weighted by Gasteiger charge is 2.42. The highest BCUT2D eigenvalue weighted by atomic mass is 19.4. The van der Waals surface area contributed by atoms with E-state index in [-0.39, 0.29) is 12.2 Å². The first-order valence-corrected chi connectivity index (χ1v) is 6.96. The number of alkyl halides is 3. The van der Waals surface area contributed by atoms with Crippen molar-refractivity contribution in [1.29, 1.82) is 0 Å². The summed E-state index contributed by atoms with van der Waals surface area (Å²) in [6.07, 6.45) is -5.65. The summed E-state index contributed by atoms with van der Waals surface area (Å²) in [5.41, 5.74) is -2.82. The fraction of sp³-hybridized carbons (Fsp3) is 0.188. The van der Waals surface area contributed by atoms with E-state index in [4.69, 9.17) is 0 Å². The number of carbonyl (C=O) groups is 1. The molecule has 0 aliphatic heterocycles. The van der Waals surface area contributed by atoms with E-state index in [1.54, 1.807) is 0 Å². The number of hydrogen-bond acceptors (Lipinski definition) is 3. The molecular formula is C16H9F7O3. The Bertz CT molecular complexity index is 817. The van der Waals surface area contributed by atoms with Gasteiger partial charge in [0.15, 0.2) is 11.6 Å². The fourth-order valence-electron chi connectivity index (χ4n) is 1.97. The standard InChI is InChI=1S/C16H9F7O3/c1-2-25-15(24)7-4-3-5-8(6-7)26-14-12(19)10(17)9(16(21,22)23)11(18)13(14)20/h3-6H,2H2,1H3. The molecule has 0 saturated carbocycles. The molecule has 0 fully saturated rings. The van der Waals surface area contributed by atoms with Gasteiger partial charge in [-0.15, -0.1) is 0 Å². The van der Waals surface area contributed by atoms with Crippen LogP contribution in [0.4, 0.5) is 30.7 Å². The van der Waals surface area contributed by atoms with Crippen LogP contribution in [-0.4, -0.2) is 12.6 Å². The lowest BCUT2D eigenvalue weighted by atomic mass is 10.1. The van der Waals surface area contributed by atoms with Crippen LogP contribution in [0, 0.1) is 23.3 Å². The van der Waals surface area contributed by atoms with E-state index >= 15 is 0 Å². The molecule has 0 radical (unpaired) electrons. The molecule has 2 aromatic carbocycles. The van der Waals surface area contributed by atoms with Crippen molar-refractivity contribution in [2.45, 2.75) is 13.1 Å². The van der Waals surface area contributed by atoms with Crippen LogP contribution in [0.3, 0.4) is 0 Å². The van der Waals surface area contributed by atoms with Gasteiger partial charge in [-0.3, -0.25) is 0 Å². The zero-order valence-corrected chi connectivity index (χ0v) is 12.9. The molecule has 0 atom stereocenters. The first kappa shape index (κ1) is 19.5. The predicted molar refractivity (Wildman–Crippen MR) is 73.7 cm³/mol. The van der Waals surface area contributed by atoms with Crippen LogP contribution in [0.25, 0.3) is 0 Å². The van der Waals surface area contributed by atoms with Crippen LogP contribution in [-0.2, 0) is 10.9 Å². The summed E-state index contributed by atoms with van der Waals surface area (Å²) in [4.78, 5) is 11.6. The van der Waals surface area contributed by atoms with Crippen molar-refractivity contribution in [3.05, 3.63) is 58.7 Å². The molecule has 0 aliphatic carbocycles. The smallest absolute Gasteiger partial charge is 0.422 e. The first-order valence-electron chi connectivity index (χ1n) is 6.96. The first-order chi connectivity index (χ1) is 12.1. The minimum absolute atomic E-state index is 0.0303. The van der Waals surface area contributed by atoms with E-state index < -0.39 is 52.5 Å². The van der Waals surface area contributed by atoms with Crippen molar-refractivity contribution in [3.63, 3.8) is 0 Å². The van der Waals surface area contributed by atoms with Gasteiger partial charge < -0.3 is 9.47 Å². The summed E-state index contributed by atoms with van der Waals surface area (Å²) >= 11 is 0. The second-order valence-corrected chi connectivity index (χ2v) is 4.81. The van der Waals surface area contributed by atoms with Gasteiger partial charge in [-0.1, -0.05) is 6.07 Å². The number of hydrogen-bond donors (Lipinski definition) is 0. The van der Waals surface area contributed by atoms with E-state index in [0.29, 0.717) is 0 Å². The van der Waals surface area contributed by atoms with Gasteiger partial charge in [0.2, 0.25) is 17.4 Å². The largest absolute Gasteiger partial charge is 0.462 e. The molecule has 26 heavy (non-hydrogen) atoms. The number of halogens is 7. The fourth-order valence-corrected chi connectivity index (χ4v) is 1.97. The van der Waals surface area contributed by atoms with Gasteiger partial charge in [-0.05, 0) is 25.1 Å². The number of benzene rings is 2. The predicted octanol–water partition coefficient (Wildman–Crippen LogP) is 5.23. The van der Waals surface area contributed by atoms with Crippen LogP contribution in [0.5, 0.6) is 11.5 Å². The van der Waals surface area contributed by atoms with E-state index in [9.17, 15) is 35.5 Å². The third-order valence-corrected chi connectivity index (χ3v) is 3.07. The molecule has 2 aromatic rings. The molecule has 0 amide bonds. The van der Waals surface area contributed by atoms with Crippen molar-refractivity contribution >= 4 is 5.97 Å². The highest BCUT2D eigenvalue weighted by Crippen LogP contribution is 2.40. The maximum Gasteiger partial charge on any atom is 0.422 e. The minimum atomic E-state index is -5.65. The second-order valence-electron chi connectivity index (χ2n) is 4.81. The van der Waals surface area contributed by atoms with Gasteiger partial charge in [0.05, 0.1) is 12.2 Å². The lowest BCUT2D eigenvalue weighted by molar-refractivity contribution is -0.143. The summed E-state index contributed by atoms with van der Waals surface area (Å²) in [5, 5.41) is 0. The molecule has 2 rings (SSSR count). The lowest BCUT2D eigenvalue weighted by Crippen LogP contribution is -2.15. The Morgan fingerprint density at radius 2 is 1.58 bits per heavy atom. The summed E-state index contributed by atoms with van der Waals surface area (Å²) in [6.45, 7) is 1.55. The Morgan fingerprint density at radius 1 is 1.00 bits per heavy atom. The molecule has 0 unspecified atom stereocenters. The Morgan fingerprint density at radius 3 is 2.08 bits per heavy atom. The molecule has 10 heteroatoms. The molecule has 0 bridgehead atoms. The number of rotatable bonds is 4. The minimum Gasteiger partial charge on any atom is -0.462 e. The zero-order valence-electron chi connectivity index (χ0n) is 12.9. The van der Waals surface area contributed by atoms with Crippen LogP contribution < -0.4 is 4.74 Å². The van der Waals surface area contributed by atoms with Gasteiger partial charge in [-0.25, -0.2) is 13.6 Å². The Labute approximate surface area is 141 Å². The molecule has 140 valence electrons. The molecule has 0 saturated heterocycles. The number of esters is 1. The van der Waals surface area contributed by atoms with Gasteiger partial charge >= 0.3 is 12.1 Å². The summed E-state index contributed by atoms with van der Waals surface area (Å²) in [5.74, 6) is -13.0. The van der Waals surface area contributed by atoms with Gasteiger partial charge in [0.25, 0.3) is 0 Å². The van der Waals surface area contributed by atoms with E-state index in [1.807, 2.05) is 0 Å². The van der Waals surface area contributed by atoms with Gasteiger partial charge in [0, 0.05) is 0 Å². The van der Waals surface area contributed by atoms with Crippen molar-refractivity contribution in [1.82, 2.24) is 0 Å². The van der Waals surface area contributed by atoms with E-state index in [2.05, 4.69) is 9.47 Å². The molecule has 0 spiro atoms. The summed E-state index contributed by atoms with van der Waals surface area (Å²) in [7, 11) is 0. The Hall–Kier alpha value is -2.78. The molecule has 0 aromatic heterocycles. The molecular weight excluding hydrogens is 373 g/mol. The zero-order chi connectivity index (χ0) is 19.6. The SMILES string of the molecule is CCOC(=O)c1cccc(Oc2c(F)c(F)c(C(F)(F)F)c(F)c2F)c1. The average molecular weight is 382 g/mol. The van der Waals surface area contributed by atoms with Gasteiger partial charge in [-0.2, -0.15) is 22.0 Å². The molecule has 3 nitrogen and oxygen atoms in total. The third kappa shape index (κ3) is 3.73. The van der Waals surface area contributed by atoms with Crippen LogP contribution >= 0.6 is 0 Å². The van der Waals surface area contributed by atoms with Gasteiger partial charge in [0.1, 0.15) is 11.3 Å². The van der Waals surface area contributed by atoms with E-state index in [1.165, 1.54) is 19.1 Å². The van der Waals surface area contributed by atoms with Crippen LogP contribution in [0.15, 0.2) is 24.3 Å². The third-order valence-electron chi connectivity index (χ3n) is 3.07. The quantitative estimate of drug-likeness (QED) is 0.413. The van der Waals surface area contributed by atoms with Crippen molar-refractivity contribution in [2.75, 3.05) is 6.61 Å². The maximum atomic E-state index is 13.8. The molecule has 0 heterocycles. The second kappa shape index (κ2) is 7.22. The summed E-state index contributed by atoms with van der Waals surface area (Å²) in [6, 6.07) is 4.46. The number of carbonyl (C=O) groups excluding carboxylic acids is 1. The Balaban J connectivity index is 2.49. The van der Waals surface area contributed by atoms with Crippen LogP contribution in [0.2, 0.25) is 0 Å². The lowest BCUT2D eigenvalue weighted by Gasteiger charge is -2.14. The Kier molecular flexibility index (Phi) is 5.43. The van der Waals surface area contributed by atoms with E-state index in [0.717, 1.165) is 12.1 Å². The monoisotopic (exact) mass is 382 g/mol. The maximum absolute atomic E-state index is 13.8. The molecule has 0 aliphatic rings. The average Bonchev–Trinajstić information content (AvgIpc) is 2.56.